The van der Waals surface area contributed by atoms with Crippen molar-refractivity contribution in [2.24, 2.45) is 0 Å². The van der Waals surface area contributed by atoms with Crippen molar-refractivity contribution in [2.45, 2.75) is 26.9 Å². The highest BCUT2D eigenvalue weighted by Gasteiger charge is 2.17. The number of carbonyl (C=O) groups excluding carboxylic acids is 1. The molecule has 0 fully saturated rings. The lowest BCUT2D eigenvalue weighted by atomic mass is 10.2. The van der Waals surface area contributed by atoms with Crippen LogP contribution in [0.15, 0.2) is 59.3 Å². The molecule has 0 spiro atoms. The summed E-state index contributed by atoms with van der Waals surface area (Å²) in [5, 5.41) is 22.1. The topological polar surface area (TPSA) is 121 Å². The summed E-state index contributed by atoms with van der Waals surface area (Å²) in [5.74, 6) is 0.263. The van der Waals surface area contributed by atoms with Crippen LogP contribution in [0.2, 0.25) is 0 Å². The molecule has 1 N–H and O–H groups in total. The minimum atomic E-state index is -0.519. The molecule has 4 aromatic rings. The zero-order valence-corrected chi connectivity index (χ0v) is 17.0. The number of nitro groups is 1. The highest BCUT2D eigenvalue weighted by Crippen LogP contribution is 2.18. The Morgan fingerprint density at radius 1 is 1.19 bits per heavy atom. The first-order valence-electron chi connectivity index (χ1n) is 9.56. The first kappa shape index (κ1) is 20.1. The van der Waals surface area contributed by atoms with E-state index in [0.717, 1.165) is 28.8 Å². The van der Waals surface area contributed by atoms with Crippen LogP contribution < -0.4 is 5.32 Å². The molecular formula is C21H20N6O4. The Morgan fingerprint density at radius 2 is 1.97 bits per heavy atom. The van der Waals surface area contributed by atoms with Gasteiger partial charge in [-0.1, -0.05) is 18.2 Å². The summed E-state index contributed by atoms with van der Waals surface area (Å²) in [6.45, 7) is 4.36. The molecule has 158 valence electrons. The zero-order valence-electron chi connectivity index (χ0n) is 17.0. The number of hydrogen-bond acceptors (Lipinski definition) is 6. The van der Waals surface area contributed by atoms with Gasteiger partial charge in [0.1, 0.15) is 18.2 Å². The van der Waals surface area contributed by atoms with Gasteiger partial charge in [0.25, 0.3) is 5.91 Å². The molecule has 1 amide bonds. The standard InChI is InChI=1S/C21H20N6O4/c1-14-19(15(2)26(24-14)16-6-4-3-5-7-16)11-22-21(28)20-9-8-18(31-20)13-25-12-17(10-23-25)27(29)30/h3-10,12H,11,13H2,1-2H3,(H,22,28). The molecule has 4 rings (SSSR count). The Balaban J connectivity index is 1.42. The van der Waals surface area contributed by atoms with E-state index in [4.69, 9.17) is 4.42 Å². The summed E-state index contributed by atoms with van der Waals surface area (Å²) in [6, 6.07) is 13.0. The van der Waals surface area contributed by atoms with Gasteiger partial charge in [-0.25, -0.2) is 4.68 Å². The average molecular weight is 420 g/mol. The molecule has 3 aromatic heterocycles. The van der Waals surface area contributed by atoms with E-state index >= 15 is 0 Å². The molecule has 1 aromatic carbocycles. The molecule has 0 saturated carbocycles. The third-order valence-electron chi connectivity index (χ3n) is 4.90. The molecule has 0 aliphatic carbocycles. The lowest BCUT2D eigenvalue weighted by Crippen LogP contribution is -2.23. The fraction of sp³-hybridized carbons (Fsp3) is 0.190. The van der Waals surface area contributed by atoms with Crippen molar-refractivity contribution >= 4 is 11.6 Å². The monoisotopic (exact) mass is 420 g/mol. The van der Waals surface area contributed by atoms with Crippen LogP contribution in [0, 0.1) is 24.0 Å². The first-order valence-corrected chi connectivity index (χ1v) is 9.56. The first-order chi connectivity index (χ1) is 14.9. The molecule has 31 heavy (non-hydrogen) atoms. The second kappa shape index (κ2) is 8.27. The third-order valence-corrected chi connectivity index (χ3v) is 4.90. The quantitative estimate of drug-likeness (QED) is 0.362. The van der Waals surface area contributed by atoms with Crippen LogP contribution in [-0.4, -0.2) is 30.4 Å². The number of carbonyl (C=O) groups is 1. The smallest absolute Gasteiger partial charge is 0.307 e. The second-order valence-electron chi connectivity index (χ2n) is 7.00. The van der Waals surface area contributed by atoms with Crippen LogP contribution in [0.1, 0.15) is 33.3 Å². The summed E-state index contributed by atoms with van der Waals surface area (Å²) in [6.07, 6.45) is 2.47. The summed E-state index contributed by atoms with van der Waals surface area (Å²) in [4.78, 5) is 22.8. The lowest BCUT2D eigenvalue weighted by molar-refractivity contribution is -0.385. The summed E-state index contributed by atoms with van der Waals surface area (Å²) in [5.41, 5.74) is 3.57. The van der Waals surface area contributed by atoms with Gasteiger partial charge in [0.2, 0.25) is 0 Å². The predicted octanol–water partition coefficient (Wildman–Crippen LogP) is 3.17. The molecule has 0 bridgehead atoms. The molecule has 10 heteroatoms. The zero-order chi connectivity index (χ0) is 22.0. The van der Waals surface area contributed by atoms with Gasteiger partial charge in [0.15, 0.2) is 5.76 Å². The fourth-order valence-corrected chi connectivity index (χ4v) is 3.29. The fourth-order valence-electron chi connectivity index (χ4n) is 3.29. The number of nitrogens with one attached hydrogen (secondary N) is 1. The van der Waals surface area contributed by atoms with Crippen molar-refractivity contribution in [3.05, 3.63) is 93.4 Å². The maximum Gasteiger partial charge on any atom is 0.307 e. The third kappa shape index (κ3) is 4.22. The van der Waals surface area contributed by atoms with Crippen LogP contribution in [0.4, 0.5) is 5.69 Å². The van der Waals surface area contributed by atoms with Gasteiger partial charge in [0, 0.05) is 17.8 Å². The van der Waals surface area contributed by atoms with Gasteiger partial charge in [-0.2, -0.15) is 10.2 Å². The normalized spacial score (nSPS) is 10.9. The van der Waals surface area contributed by atoms with Crippen LogP contribution in [0.25, 0.3) is 5.69 Å². The molecule has 0 unspecified atom stereocenters. The van der Waals surface area contributed by atoms with Gasteiger partial charge < -0.3 is 9.73 Å². The van der Waals surface area contributed by atoms with E-state index in [1.807, 2.05) is 48.9 Å². The van der Waals surface area contributed by atoms with Crippen molar-refractivity contribution in [2.75, 3.05) is 0 Å². The molecule has 3 heterocycles. The van der Waals surface area contributed by atoms with Gasteiger partial charge in [-0.15, -0.1) is 0 Å². The molecule has 0 aliphatic heterocycles. The van der Waals surface area contributed by atoms with Gasteiger partial charge in [-0.3, -0.25) is 19.6 Å². The summed E-state index contributed by atoms with van der Waals surface area (Å²) in [7, 11) is 0. The Hall–Kier alpha value is -4.21. The number of para-hydroxylation sites is 1. The van der Waals surface area contributed by atoms with Crippen LogP contribution in [0.3, 0.4) is 0 Å². The van der Waals surface area contributed by atoms with Crippen molar-refractivity contribution in [1.29, 1.82) is 0 Å². The number of amides is 1. The molecule has 0 radical (unpaired) electrons. The maximum absolute atomic E-state index is 12.5. The summed E-state index contributed by atoms with van der Waals surface area (Å²) < 4.78 is 8.81. The Kier molecular flexibility index (Phi) is 5.35. The van der Waals surface area contributed by atoms with Crippen molar-refractivity contribution in [1.82, 2.24) is 24.9 Å². The molecule has 0 aliphatic rings. The number of aromatic nitrogens is 4. The Bertz CT molecular complexity index is 1240. The molecule has 0 atom stereocenters. The van der Waals surface area contributed by atoms with E-state index in [0.29, 0.717) is 12.3 Å². The van der Waals surface area contributed by atoms with Gasteiger partial charge in [0.05, 0.1) is 22.8 Å². The maximum atomic E-state index is 12.5. The van der Waals surface area contributed by atoms with E-state index in [1.54, 1.807) is 12.1 Å². The van der Waals surface area contributed by atoms with E-state index in [-0.39, 0.29) is 23.9 Å². The Morgan fingerprint density at radius 3 is 2.68 bits per heavy atom. The summed E-state index contributed by atoms with van der Waals surface area (Å²) >= 11 is 0. The van der Waals surface area contributed by atoms with Crippen molar-refractivity contribution < 1.29 is 14.1 Å². The van der Waals surface area contributed by atoms with Crippen LogP contribution in [0.5, 0.6) is 0 Å². The number of nitrogens with zero attached hydrogens (tertiary/aromatic N) is 5. The highest BCUT2D eigenvalue weighted by atomic mass is 16.6. The van der Waals surface area contributed by atoms with Gasteiger partial charge in [-0.05, 0) is 38.1 Å². The van der Waals surface area contributed by atoms with Crippen LogP contribution >= 0.6 is 0 Å². The van der Waals surface area contributed by atoms with E-state index in [2.05, 4.69) is 15.5 Å². The van der Waals surface area contributed by atoms with E-state index < -0.39 is 4.92 Å². The predicted molar refractivity (Wildman–Crippen MR) is 111 cm³/mol. The Labute approximate surface area is 177 Å². The average Bonchev–Trinajstić information content (AvgIpc) is 3.48. The second-order valence-corrected chi connectivity index (χ2v) is 7.00. The highest BCUT2D eigenvalue weighted by molar-refractivity contribution is 5.91. The van der Waals surface area contributed by atoms with E-state index in [1.165, 1.54) is 10.9 Å². The van der Waals surface area contributed by atoms with Gasteiger partial charge >= 0.3 is 5.69 Å². The number of aryl methyl sites for hydroxylation is 1. The molecular weight excluding hydrogens is 400 g/mol. The van der Waals surface area contributed by atoms with Crippen molar-refractivity contribution in [3.8, 4) is 5.69 Å². The van der Waals surface area contributed by atoms with E-state index in [9.17, 15) is 14.9 Å². The number of hydrogen-bond donors (Lipinski definition) is 1. The minimum Gasteiger partial charge on any atom is -0.454 e. The SMILES string of the molecule is Cc1nn(-c2ccccc2)c(C)c1CNC(=O)c1ccc(Cn2cc([N+](=O)[O-])cn2)o1. The largest absolute Gasteiger partial charge is 0.454 e. The number of benzene rings is 1. The minimum absolute atomic E-state index is 0.105. The number of furan rings is 1. The molecule has 10 nitrogen and oxygen atoms in total. The van der Waals surface area contributed by atoms with Crippen molar-refractivity contribution in [3.63, 3.8) is 0 Å². The van der Waals surface area contributed by atoms with Crippen LogP contribution in [-0.2, 0) is 13.1 Å². The number of rotatable bonds is 7. The lowest BCUT2D eigenvalue weighted by Gasteiger charge is -2.06. The molecule has 0 saturated heterocycles.